The Hall–Kier alpha value is -1.59. The molecule has 0 bridgehead atoms. The Morgan fingerprint density at radius 1 is 1.19 bits per heavy atom. The standard InChI is InChI=1S/C16H15BrFNO2/c1-10(11-2-4-13(18)5-3-11)19-8-12-6-15-16(7-14(12)17)21-9-20-15/h2-7,10,19H,8-9H2,1H3/t10-/m0/s1. The minimum atomic E-state index is -0.218. The molecule has 1 aliphatic heterocycles. The highest BCUT2D eigenvalue weighted by atomic mass is 79.9. The van der Waals surface area contributed by atoms with E-state index in [1.807, 2.05) is 19.1 Å². The van der Waals surface area contributed by atoms with Crippen molar-refractivity contribution in [1.29, 1.82) is 0 Å². The number of benzene rings is 2. The molecule has 0 amide bonds. The van der Waals surface area contributed by atoms with Gasteiger partial charge in [0, 0.05) is 17.1 Å². The molecule has 2 aromatic carbocycles. The van der Waals surface area contributed by atoms with Crippen LogP contribution in [0.1, 0.15) is 24.1 Å². The summed E-state index contributed by atoms with van der Waals surface area (Å²) in [5.41, 5.74) is 2.14. The van der Waals surface area contributed by atoms with Gasteiger partial charge in [-0.1, -0.05) is 28.1 Å². The summed E-state index contributed by atoms with van der Waals surface area (Å²) < 4.78 is 24.6. The molecule has 1 N–H and O–H groups in total. The van der Waals surface area contributed by atoms with Crippen molar-refractivity contribution in [1.82, 2.24) is 5.32 Å². The average molecular weight is 352 g/mol. The maximum atomic E-state index is 12.9. The molecule has 0 fully saturated rings. The summed E-state index contributed by atoms with van der Waals surface area (Å²) in [5, 5.41) is 3.42. The van der Waals surface area contributed by atoms with Gasteiger partial charge in [-0.15, -0.1) is 0 Å². The predicted octanol–water partition coefficient (Wildman–Crippen LogP) is 4.17. The highest BCUT2D eigenvalue weighted by Gasteiger charge is 2.16. The van der Waals surface area contributed by atoms with Crippen LogP contribution in [-0.2, 0) is 6.54 Å². The van der Waals surface area contributed by atoms with Crippen LogP contribution in [0.2, 0.25) is 0 Å². The molecule has 0 saturated heterocycles. The van der Waals surface area contributed by atoms with Crippen molar-refractivity contribution in [2.45, 2.75) is 19.5 Å². The van der Waals surface area contributed by atoms with E-state index in [0.717, 1.165) is 27.1 Å². The number of hydrogen-bond donors (Lipinski definition) is 1. The van der Waals surface area contributed by atoms with Crippen molar-refractivity contribution in [2.75, 3.05) is 6.79 Å². The van der Waals surface area contributed by atoms with Gasteiger partial charge >= 0.3 is 0 Å². The van der Waals surface area contributed by atoms with E-state index < -0.39 is 0 Å². The van der Waals surface area contributed by atoms with Crippen LogP contribution in [0.4, 0.5) is 4.39 Å². The van der Waals surface area contributed by atoms with Gasteiger partial charge in [-0.3, -0.25) is 0 Å². The van der Waals surface area contributed by atoms with Crippen LogP contribution in [0.3, 0.4) is 0 Å². The van der Waals surface area contributed by atoms with E-state index in [9.17, 15) is 4.39 Å². The first-order chi connectivity index (χ1) is 10.1. The summed E-state index contributed by atoms with van der Waals surface area (Å²) in [6.45, 7) is 2.99. The van der Waals surface area contributed by atoms with Gasteiger partial charge in [-0.05, 0) is 42.3 Å². The molecule has 3 nitrogen and oxygen atoms in total. The van der Waals surface area contributed by atoms with E-state index >= 15 is 0 Å². The van der Waals surface area contributed by atoms with E-state index in [0.29, 0.717) is 6.54 Å². The summed E-state index contributed by atoms with van der Waals surface area (Å²) >= 11 is 3.54. The molecule has 0 aliphatic carbocycles. The normalized spacial score (nSPS) is 14.2. The van der Waals surface area contributed by atoms with Crippen molar-refractivity contribution in [2.24, 2.45) is 0 Å². The Morgan fingerprint density at radius 3 is 2.57 bits per heavy atom. The van der Waals surface area contributed by atoms with Crippen molar-refractivity contribution in [3.05, 3.63) is 57.8 Å². The lowest BCUT2D eigenvalue weighted by Crippen LogP contribution is -2.18. The highest BCUT2D eigenvalue weighted by Crippen LogP contribution is 2.37. The first-order valence-corrected chi connectivity index (χ1v) is 7.49. The lowest BCUT2D eigenvalue weighted by molar-refractivity contribution is 0.174. The fraction of sp³-hybridized carbons (Fsp3) is 0.250. The summed E-state index contributed by atoms with van der Waals surface area (Å²) in [6.07, 6.45) is 0. The second kappa shape index (κ2) is 6.03. The third kappa shape index (κ3) is 3.19. The second-order valence-corrected chi connectivity index (χ2v) is 5.81. The van der Waals surface area contributed by atoms with E-state index in [1.54, 1.807) is 12.1 Å². The molecule has 0 radical (unpaired) electrons. The van der Waals surface area contributed by atoms with Crippen molar-refractivity contribution in [3.63, 3.8) is 0 Å². The topological polar surface area (TPSA) is 30.5 Å². The second-order valence-electron chi connectivity index (χ2n) is 4.95. The Kier molecular flexibility index (Phi) is 4.12. The van der Waals surface area contributed by atoms with Crippen LogP contribution in [0, 0.1) is 5.82 Å². The van der Waals surface area contributed by atoms with Gasteiger partial charge in [0.2, 0.25) is 6.79 Å². The Balaban J connectivity index is 1.68. The van der Waals surface area contributed by atoms with Gasteiger partial charge in [0.1, 0.15) is 5.82 Å². The van der Waals surface area contributed by atoms with Crippen molar-refractivity contribution in [3.8, 4) is 11.5 Å². The SMILES string of the molecule is C[C@H](NCc1cc2c(cc1Br)OCO2)c1ccc(F)cc1. The predicted molar refractivity (Wildman–Crippen MR) is 81.9 cm³/mol. The van der Waals surface area contributed by atoms with Crippen LogP contribution in [0.15, 0.2) is 40.9 Å². The first-order valence-electron chi connectivity index (χ1n) is 6.70. The molecule has 2 aromatic rings. The van der Waals surface area contributed by atoms with Crippen molar-refractivity contribution >= 4 is 15.9 Å². The number of halogens is 2. The van der Waals surface area contributed by atoms with Gasteiger partial charge in [0.25, 0.3) is 0 Å². The van der Waals surface area contributed by atoms with Crippen LogP contribution >= 0.6 is 15.9 Å². The molecule has 3 rings (SSSR count). The Bertz CT molecular complexity index is 645. The zero-order valence-corrected chi connectivity index (χ0v) is 13.1. The van der Waals surface area contributed by atoms with E-state index in [2.05, 4.69) is 21.2 Å². The molecule has 1 heterocycles. The Labute approximate surface area is 131 Å². The molecule has 21 heavy (non-hydrogen) atoms. The van der Waals surface area contributed by atoms with Gasteiger partial charge < -0.3 is 14.8 Å². The fourth-order valence-electron chi connectivity index (χ4n) is 2.23. The van der Waals surface area contributed by atoms with E-state index in [-0.39, 0.29) is 18.7 Å². The minimum Gasteiger partial charge on any atom is -0.454 e. The monoisotopic (exact) mass is 351 g/mol. The molecule has 0 aromatic heterocycles. The molecule has 110 valence electrons. The van der Waals surface area contributed by atoms with E-state index in [4.69, 9.17) is 9.47 Å². The third-order valence-electron chi connectivity index (χ3n) is 3.51. The molecule has 1 aliphatic rings. The fourth-order valence-corrected chi connectivity index (χ4v) is 2.69. The number of ether oxygens (including phenoxy) is 2. The summed E-state index contributed by atoms with van der Waals surface area (Å²) in [6, 6.07) is 10.6. The molecular formula is C16H15BrFNO2. The van der Waals surface area contributed by atoms with Gasteiger partial charge in [-0.2, -0.15) is 0 Å². The Morgan fingerprint density at radius 2 is 1.86 bits per heavy atom. The quantitative estimate of drug-likeness (QED) is 0.896. The van der Waals surface area contributed by atoms with Gasteiger partial charge in [0.15, 0.2) is 11.5 Å². The zero-order chi connectivity index (χ0) is 14.8. The number of rotatable bonds is 4. The first kappa shape index (κ1) is 14.4. The highest BCUT2D eigenvalue weighted by molar-refractivity contribution is 9.10. The van der Waals surface area contributed by atoms with E-state index in [1.165, 1.54) is 12.1 Å². The van der Waals surface area contributed by atoms with Gasteiger partial charge in [-0.25, -0.2) is 4.39 Å². The maximum absolute atomic E-state index is 12.9. The molecule has 1 atom stereocenters. The zero-order valence-electron chi connectivity index (χ0n) is 11.5. The maximum Gasteiger partial charge on any atom is 0.231 e. The lowest BCUT2D eigenvalue weighted by atomic mass is 10.1. The molecule has 0 unspecified atom stereocenters. The molecule has 5 heteroatoms. The minimum absolute atomic E-state index is 0.128. The van der Waals surface area contributed by atoms with Crippen LogP contribution in [0.25, 0.3) is 0 Å². The molecule has 0 spiro atoms. The lowest BCUT2D eigenvalue weighted by Gasteiger charge is -2.15. The van der Waals surface area contributed by atoms with Gasteiger partial charge in [0.05, 0.1) is 0 Å². The van der Waals surface area contributed by atoms with Crippen LogP contribution in [0.5, 0.6) is 11.5 Å². The summed E-state index contributed by atoms with van der Waals surface area (Å²) in [4.78, 5) is 0. The average Bonchev–Trinajstić information content (AvgIpc) is 2.92. The van der Waals surface area contributed by atoms with Crippen LogP contribution < -0.4 is 14.8 Å². The summed E-state index contributed by atoms with van der Waals surface area (Å²) in [5.74, 6) is 1.31. The number of nitrogens with one attached hydrogen (secondary N) is 1. The number of hydrogen-bond acceptors (Lipinski definition) is 3. The molecule has 0 saturated carbocycles. The third-order valence-corrected chi connectivity index (χ3v) is 4.25. The molecular weight excluding hydrogens is 337 g/mol. The largest absolute Gasteiger partial charge is 0.454 e. The summed E-state index contributed by atoms with van der Waals surface area (Å²) in [7, 11) is 0. The van der Waals surface area contributed by atoms with Crippen LogP contribution in [-0.4, -0.2) is 6.79 Å². The smallest absolute Gasteiger partial charge is 0.231 e. The van der Waals surface area contributed by atoms with Crippen molar-refractivity contribution < 1.29 is 13.9 Å². The number of fused-ring (bicyclic) bond motifs is 1.